The highest BCUT2D eigenvalue weighted by Gasteiger charge is 2.51. The molecular formula is C27H39N3O3S. The number of carbonyl (C=O) groups is 2. The zero-order valence-corrected chi connectivity index (χ0v) is 21.5. The van der Waals surface area contributed by atoms with E-state index in [1.54, 1.807) is 11.8 Å². The van der Waals surface area contributed by atoms with E-state index in [9.17, 15) is 9.59 Å². The number of carbonyl (C=O) groups excluding carboxylic acids is 2. The lowest BCUT2D eigenvalue weighted by Crippen LogP contribution is -2.59. The van der Waals surface area contributed by atoms with Crippen LogP contribution in [-0.2, 0) is 9.53 Å². The highest BCUT2D eigenvalue weighted by molar-refractivity contribution is 7.99. The monoisotopic (exact) mass is 485 g/mol. The van der Waals surface area contributed by atoms with E-state index in [0.717, 1.165) is 91.5 Å². The molecule has 5 aliphatic rings. The summed E-state index contributed by atoms with van der Waals surface area (Å²) in [6.07, 6.45) is 11.1. The summed E-state index contributed by atoms with van der Waals surface area (Å²) in [6.45, 7) is 3.90. The number of hydrogen-bond donors (Lipinski definition) is 1. The molecule has 1 atom stereocenters. The predicted octanol–water partition coefficient (Wildman–Crippen LogP) is 5.06. The first kappa shape index (κ1) is 24.0. The number of anilines is 1. The maximum atomic E-state index is 13.6. The summed E-state index contributed by atoms with van der Waals surface area (Å²) in [7, 11) is 1.45. The van der Waals surface area contributed by atoms with Gasteiger partial charge in [0.15, 0.2) is 0 Å². The van der Waals surface area contributed by atoms with Gasteiger partial charge in [-0.2, -0.15) is 0 Å². The number of aromatic nitrogens is 1. The Balaban J connectivity index is 1.32. The van der Waals surface area contributed by atoms with Gasteiger partial charge in [-0.25, -0.2) is 4.98 Å². The first-order chi connectivity index (χ1) is 16.5. The molecule has 4 aliphatic carbocycles. The fourth-order valence-electron chi connectivity index (χ4n) is 7.42. The lowest BCUT2D eigenvalue weighted by Gasteiger charge is -2.56. The average molecular weight is 486 g/mol. The van der Waals surface area contributed by atoms with Gasteiger partial charge in [0.05, 0.1) is 12.7 Å². The third-order valence-electron chi connectivity index (χ3n) is 8.48. The fraction of sp³-hybridized carbons (Fsp3) is 0.741. The van der Waals surface area contributed by atoms with Crippen molar-refractivity contribution in [1.29, 1.82) is 0 Å². The number of ether oxygens (including phenoxy) is 1. The number of nitrogens with one attached hydrogen (secondary N) is 1. The Hall–Kier alpha value is -1.76. The molecular weight excluding hydrogens is 446 g/mol. The number of pyridine rings is 1. The molecule has 6 rings (SSSR count). The van der Waals surface area contributed by atoms with Gasteiger partial charge in [-0.1, -0.05) is 6.92 Å². The molecule has 4 saturated carbocycles. The minimum absolute atomic E-state index is 0.00513. The molecule has 0 spiro atoms. The van der Waals surface area contributed by atoms with Gasteiger partial charge in [0.1, 0.15) is 10.8 Å². The second-order valence-corrected chi connectivity index (χ2v) is 12.3. The Morgan fingerprint density at radius 3 is 2.53 bits per heavy atom. The van der Waals surface area contributed by atoms with Crippen LogP contribution in [0.25, 0.3) is 0 Å². The van der Waals surface area contributed by atoms with Crippen molar-refractivity contribution in [3.63, 3.8) is 0 Å². The number of methoxy groups -OCH3 is 1. The van der Waals surface area contributed by atoms with Crippen LogP contribution < -0.4 is 10.2 Å². The molecule has 0 unspecified atom stereocenters. The standard InChI is InChI=1S/C27H39N3O3S/c1-3-9-34-26-22(25(32)29-27-14-19-10-20(15-27)12-21(11-19)16-27)6-7-23(28-26)30-8-4-5-18(17-30)13-24(31)33-2/h6-7,18-21H,3-5,8-17H2,1-2H3,(H,29,32)/t18-,19?,20?,21?,27?/m0/s1. The number of hydrogen-bond acceptors (Lipinski definition) is 6. The summed E-state index contributed by atoms with van der Waals surface area (Å²) in [5.41, 5.74) is 0.728. The van der Waals surface area contributed by atoms with Crippen LogP contribution in [0.15, 0.2) is 17.2 Å². The first-order valence-corrected chi connectivity index (χ1v) is 14.2. The van der Waals surface area contributed by atoms with E-state index >= 15 is 0 Å². The van der Waals surface area contributed by atoms with Crippen molar-refractivity contribution in [1.82, 2.24) is 10.3 Å². The highest BCUT2D eigenvalue weighted by atomic mass is 32.2. The zero-order chi connectivity index (χ0) is 23.7. The van der Waals surface area contributed by atoms with E-state index in [0.29, 0.717) is 6.42 Å². The van der Waals surface area contributed by atoms with Crippen LogP contribution in [0.3, 0.4) is 0 Å². The van der Waals surface area contributed by atoms with Gasteiger partial charge in [0.25, 0.3) is 5.91 Å². The summed E-state index contributed by atoms with van der Waals surface area (Å²) in [5, 5.41) is 4.38. The molecule has 1 saturated heterocycles. The maximum absolute atomic E-state index is 13.6. The molecule has 1 amide bonds. The molecule has 1 N–H and O–H groups in total. The number of thioether (sulfide) groups is 1. The van der Waals surface area contributed by atoms with E-state index in [1.807, 2.05) is 12.1 Å². The quantitative estimate of drug-likeness (QED) is 0.410. The van der Waals surface area contributed by atoms with E-state index in [4.69, 9.17) is 9.72 Å². The van der Waals surface area contributed by atoms with Gasteiger partial charge >= 0.3 is 5.97 Å². The van der Waals surface area contributed by atoms with Gasteiger partial charge in [0.2, 0.25) is 0 Å². The molecule has 4 bridgehead atoms. The van der Waals surface area contributed by atoms with Crippen molar-refractivity contribution in [3.05, 3.63) is 17.7 Å². The van der Waals surface area contributed by atoms with Crippen molar-refractivity contribution in [2.75, 3.05) is 30.9 Å². The largest absolute Gasteiger partial charge is 0.469 e. The second-order valence-electron chi connectivity index (χ2n) is 11.3. The third kappa shape index (κ3) is 5.09. The molecule has 0 radical (unpaired) electrons. The Kier molecular flexibility index (Phi) is 7.10. The molecule has 7 heteroatoms. The van der Waals surface area contributed by atoms with Crippen molar-refractivity contribution >= 4 is 29.5 Å². The summed E-state index contributed by atoms with van der Waals surface area (Å²) in [4.78, 5) is 32.6. The number of amides is 1. The van der Waals surface area contributed by atoms with Crippen molar-refractivity contribution < 1.29 is 14.3 Å². The van der Waals surface area contributed by atoms with Crippen LogP contribution in [-0.4, -0.2) is 48.4 Å². The first-order valence-electron chi connectivity index (χ1n) is 13.2. The molecule has 2 heterocycles. The minimum Gasteiger partial charge on any atom is -0.469 e. The lowest BCUT2D eigenvalue weighted by atomic mass is 9.53. The number of rotatable bonds is 8. The van der Waals surface area contributed by atoms with E-state index in [1.165, 1.54) is 26.4 Å². The van der Waals surface area contributed by atoms with Crippen LogP contribution in [0.1, 0.15) is 81.5 Å². The summed E-state index contributed by atoms with van der Waals surface area (Å²) in [6, 6.07) is 3.99. The van der Waals surface area contributed by atoms with E-state index < -0.39 is 0 Å². The molecule has 34 heavy (non-hydrogen) atoms. The Morgan fingerprint density at radius 1 is 1.18 bits per heavy atom. The van der Waals surface area contributed by atoms with E-state index in [2.05, 4.69) is 17.1 Å². The number of nitrogens with zero attached hydrogens (tertiary/aromatic N) is 2. The molecule has 0 aromatic carbocycles. The molecule has 6 nitrogen and oxygen atoms in total. The topological polar surface area (TPSA) is 71.5 Å². The molecule has 5 fully saturated rings. The number of piperidine rings is 1. The Bertz CT molecular complexity index is 885. The number of esters is 1. The zero-order valence-electron chi connectivity index (χ0n) is 20.7. The van der Waals surface area contributed by atoms with Gasteiger partial charge < -0.3 is 15.0 Å². The Morgan fingerprint density at radius 2 is 1.88 bits per heavy atom. The normalized spacial score (nSPS) is 32.0. The van der Waals surface area contributed by atoms with Crippen LogP contribution in [0.2, 0.25) is 0 Å². The lowest BCUT2D eigenvalue weighted by molar-refractivity contribution is -0.141. The summed E-state index contributed by atoms with van der Waals surface area (Å²) < 4.78 is 4.88. The molecule has 1 aromatic heterocycles. The van der Waals surface area contributed by atoms with Gasteiger partial charge in [-0.3, -0.25) is 9.59 Å². The third-order valence-corrected chi connectivity index (χ3v) is 9.67. The van der Waals surface area contributed by atoms with Crippen LogP contribution >= 0.6 is 11.8 Å². The summed E-state index contributed by atoms with van der Waals surface area (Å²) >= 11 is 1.69. The average Bonchev–Trinajstić information content (AvgIpc) is 2.81. The van der Waals surface area contributed by atoms with E-state index in [-0.39, 0.29) is 23.3 Å². The van der Waals surface area contributed by atoms with Crippen molar-refractivity contribution in [2.45, 2.75) is 81.7 Å². The highest BCUT2D eigenvalue weighted by Crippen LogP contribution is 2.55. The fourth-order valence-corrected chi connectivity index (χ4v) is 8.29. The second kappa shape index (κ2) is 10.1. The van der Waals surface area contributed by atoms with Crippen LogP contribution in [0.4, 0.5) is 5.82 Å². The van der Waals surface area contributed by atoms with Gasteiger partial charge in [0, 0.05) is 25.0 Å². The van der Waals surface area contributed by atoms with Gasteiger partial charge in [-0.15, -0.1) is 11.8 Å². The summed E-state index contributed by atoms with van der Waals surface area (Å²) in [5.74, 6) is 4.47. The molecule has 1 aromatic rings. The van der Waals surface area contributed by atoms with Crippen molar-refractivity contribution in [2.24, 2.45) is 23.7 Å². The molecule has 1 aliphatic heterocycles. The Labute approximate surface area is 208 Å². The van der Waals surface area contributed by atoms with Crippen LogP contribution in [0, 0.1) is 23.7 Å². The molecule has 186 valence electrons. The SMILES string of the molecule is CCCSc1nc(N2CCC[C@@H](CC(=O)OC)C2)ccc1C(=O)NC12CC3CC(CC(C3)C1)C2. The predicted molar refractivity (Wildman–Crippen MR) is 135 cm³/mol. The van der Waals surface area contributed by atoms with Crippen molar-refractivity contribution in [3.8, 4) is 0 Å². The van der Waals surface area contributed by atoms with Gasteiger partial charge in [-0.05, 0) is 99.3 Å². The smallest absolute Gasteiger partial charge is 0.305 e. The van der Waals surface area contributed by atoms with Crippen LogP contribution in [0.5, 0.6) is 0 Å². The minimum atomic E-state index is -0.143. The maximum Gasteiger partial charge on any atom is 0.305 e.